The predicted molar refractivity (Wildman–Crippen MR) is 68.8 cm³/mol. The first-order chi connectivity index (χ1) is 8.66. The molecule has 18 heavy (non-hydrogen) atoms. The van der Waals surface area contributed by atoms with Crippen LogP contribution < -0.4 is 11.1 Å². The SMILES string of the molecule is CC(NC(=O)C1C2CCC(C2)C1N)C1CCOC1. The van der Waals surface area contributed by atoms with Crippen molar-refractivity contribution < 1.29 is 9.53 Å². The van der Waals surface area contributed by atoms with Crippen molar-refractivity contribution in [2.75, 3.05) is 13.2 Å². The fourth-order valence-electron chi connectivity index (χ4n) is 4.11. The summed E-state index contributed by atoms with van der Waals surface area (Å²) in [5.74, 6) is 1.86. The van der Waals surface area contributed by atoms with Crippen LogP contribution in [-0.4, -0.2) is 31.2 Å². The van der Waals surface area contributed by atoms with E-state index in [1.807, 2.05) is 0 Å². The summed E-state index contributed by atoms with van der Waals surface area (Å²) in [6, 6.07) is 0.308. The van der Waals surface area contributed by atoms with Crippen molar-refractivity contribution in [1.29, 1.82) is 0 Å². The summed E-state index contributed by atoms with van der Waals surface area (Å²) >= 11 is 0. The Bertz CT molecular complexity index is 326. The average molecular weight is 252 g/mol. The van der Waals surface area contributed by atoms with E-state index < -0.39 is 0 Å². The van der Waals surface area contributed by atoms with E-state index in [0.29, 0.717) is 17.8 Å². The van der Waals surface area contributed by atoms with E-state index in [4.69, 9.17) is 10.5 Å². The van der Waals surface area contributed by atoms with Crippen LogP contribution in [0.5, 0.6) is 0 Å². The number of carbonyl (C=O) groups is 1. The summed E-state index contributed by atoms with van der Waals surface area (Å²) in [7, 11) is 0. The van der Waals surface area contributed by atoms with Crippen molar-refractivity contribution in [1.82, 2.24) is 5.32 Å². The number of rotatable bonds is 3. The molecule has 6 atom stereocenters. The van der Waals surface area contributed by atoms with Gasteiger partial charge in [0.2, 0.25) is 5.91 Å². The minimum Gasteiger partial charge on any atom is -0.381 e. The van der Waals surface area contributed by atoms with Crippen molar-refractivity contribution >= 4 is 5.91 Å². The van der Waals surface area contributed by atoms with Gasteiger partial charge < -0.3 is 15.8 Å². The van der Waals surface area contributed by atoms with E-state index in [0.717, 1.165) is 19.6 Å². The zero-order valence-corrected chi connectivity index (χ0v) is 11.1. The van der Waals surface area contributed by atoms with Gasteiger partial charge in [0.15, 0.2) is 0 Å². The molecule has 6 unspecified atom stereocenters. The Morgan fingerprint density at radius 2 is 2.11 bits per heavy atom. The first-order valence-corrected chi connectivity index (χ1v) is 7.30. The minimum atomic E-state index is 0.0634. The Labute approximate surface area is 109 Å². The maximum atomic E-state index is 12.4. The maximum absolute atomic E-state index is 12.4. The third-order valence-corrected chi connectivity index (χ3v) is 5.33. The molecule has 1 heterocycles. The molecule has 3 N–H and O–H groups in total. The van der Waals surface area contributed by atoms with E-state index in [2.05, 4.69) is 12.2 Å². The molecule has 1 aliphatic heterocycles. The molecule has 1 amide bonds. The van der Waals surface area contributed by atoms with Gasteiger partial charge in [0.25, 0.3) is 0 Å². The number of hydrogen-bond acceptors (Lipinski definition) is 3. The second kappa shape index (κ2) is 4.82. The lowest BCUT2D eigenvalue weighted by molar-refractivity contribution is -0.128. The van der Waals surface area contributed by atoms with Gasteiger partial charge in [0.1, 0.15) is 0 Å². The van der Waals surface area contributed by atoms with Gasteiger partial charge in [-0.1, -0.05) is 0 Å². The molecule has 3 fully saturated rings. The summed E-state index contributed by atoms with van der Waals surface area (Å²) < 4.78 is 5.38. The minimum absolute atomic E-state index is 0.0634. The van der Waals surface area contributed by atoms with Crippen molar-refractivity contribution in [3.8, 4) is 0 Å². The quantitative estimate of drug-likeness (QED) is 0.784. The average Bonchev–Trinajstić information content (AvgIpc) is 3.05. The monoisotopic (exact) mass is 252 g/mol. The Morgan fingerprint density at radius 1 is 1.33 bits per heavy atom. The number of ether oxygens (including phenoxy) is 1. The van der Waals surface area contributed by atoms with Crippen LogP contribution in [-0.2, 0) is 9.53 Å². The Hall–Kier alpha value is -0.610. The standard InChI is InChI=1S/C14H24N2O2/c1-8(11-4-5-18-7-11)16-14(17)12-9-2-3-10(6-9)13(12)15/h8-13H,2-7,15H2,1H3,(H,16,17). The molecular weight excluding hydrogens is 228 g/mol. The van der Waals surface area contributed by atoms with E-state index in [9.17, 15) is 4.79 Å². The van der Waals surface area contributed by atoms with Crippen molar-refractivity contribution in [3.63, 3.8) is 0 Å². The van der Waals surface area contributed by atoms with E-state index in [1.54, 1.807) is 0 Å². The number of fused-ring (bicyclic) bond motifs is 2. The highest BCUT2D eigenvalue weighted by atomic mass is 16.5. The molecule has 2 aliphatic carbocycles. The second-order valence-electron chi connectivity index (χ2n) is 6.36. The van der Waals surface area contributed by atoms with Crippen molar-refractivity contribution in [3.05, 3.63) is 0 Å². The molecule has 0 radical (unpaired) electrons. The number of nitrogens with one attached hydrogen (secondary N) is 1. The molecule has 102 valence electrons. The highest BCUT2D eigenvalue weighted by molar-refractivity contribution is 5.80. The molecule has 4 heteroatoms. The molecule has 3 rings (SSSR count). The molecule has 1 saturated heterocycles. The van der Waals surface area contributed by atoms with Crippen LogP contribution in [0.1, 0.15) is 32.6 Å². The Balaban J connectivity index is 1.58. The summed E-state index contributed by atoms with van der Waals surface area (Å²) in [6.07, 6.45) is 4.64. The number of hydrogen-bond donors (Lipinski definition) is 2. The van der Waals surface area contributed by atoms with Crippen molar-refractivity contribution in [2.24, 2.45) is 29.4 Å². The van der Waals surface area contributed by atoms with Gasteiger partial charge in [-0.3, -0.25) is 4.79 Å². The van der Waals surface area contributed by atoms with Crippen LogP contribution in [0.3, 0.4) is 0 Å². The normalized spacial score (nSPS) is 44.2. The molecule has 2 bridgehead atoms. The maximum Gasteiger partial charge on any atom is 0.225 e. The zero-order valence-electron chi connectivity index (χ0n) is 11.1. The van der Waals surface area contributed by atoms with E-state index in [1.165, 1.54) is 19.3 Å². The van der Waals surface area contributed by atoms with Gasteiger partial charge in [0, 0.05) is 24.6 Å². The van der Waals surface area contributed by atoms with Gasteiger partial charge in [-0.25, -0.2) is 0 Å². The lowest BCUT2D eigenvalue weighted by atomic mass is 9.84. The van der Waals surface area contributed by atoms with Crippen LogP contribution in [0, 0.1) is 23.7 Å². The number of carbonyl (C=O) groups excluding carboxylic acids is 1. The summed E-state index contributed by atoms with van der Waals surface area (Å²) in [4.78, 5) is 12.4. The third kappa shape index (κ3) is 2.05. The third-order valence-electron chi connectivity index (χ3n) is 5.33. The fraction of sp³-hybridized carbons (Fsp3) is 0.929. The Kier molecular flexibility index (Phi) is 3.32. The molecule has 0 aromatic carbocycles. The zero-order chi connectivity index (χ0) is 12.7. The first-order valence-electron chi connectivity index (χ1n) is 7.30. The summed E-state index contributed by atoms with van der Waals surface area (Å²) in [6.45, 7) is 3.71. The predicted octanol–water partition coefficient (Wildman–Crippen LogP) is 0.901. The van der Waals surface area contributed by atoms with Crippen LogP contribution >= 0.6 is 0 Å². The highest BCUT2D eigenvalue weighted by Gasteiger charge is 2.49. The lowest BCUT2D eigenvalue weighted by Crippen LogP contribution is -2.49. The van der Waals surface area contributed by atoms with Crippen LogP contribution in [0.4, 0.5) is 0 Å². The highest BCUT2D eigenvalue weighted by Crippen LogP contribution is 2.47. The topological polar surface area (TPSA) is 64.4 Å². The molecule has 4 nitrogen and oxygen atoms in total. The smallest absolute Gasteiger partial charge is 0.225 e. The van der Waals surface area contributed by atoms with Gasteiger partial charge in [-0.05, 0) is 44.4 Å². The molecule has 0 aromatic heterocycles. The van der Waals surface area contributed by atoms with E-state index in [-0.39, 0.29) is 23.9 Å². The molecule has 0 aromatic rings. The van der Waals surface area contributed by atoms with Gasteiger partial charge in [0.05, 0.1) is 12.5 Å². The van der Waals surface area contributed by atoms with Gasteiger partial charge in [-0.2, -0.15) is 0 Å². The van der Waals surface area contributed by atoms with Gasteiger partial charge in [-0.15, -0.1) is 0 Å². The lowest BCUT2D eigenvalue weighted by Gasteiger charge is -2.29. The molecule has 3 aliphatic rings. The molecular formula is C14H24N2O2. The Morgan fingerprint density at radius 3 is 2.72 bits per heavy atom. The first kappa shape index (κ1) is 12.4. The van der Waals surface area contributed by atoms with Crippen LogP contribution in [0.15, 0.2) is 0 Å². The number of amides is 1. The molecule has 2 saturated carbocycles. The van der Waals surface area contributed by atoms with Crippen LogP contribution in [0.25, 0.3) is 0 Å². The van der Waals surface area contributed by atoms with Crippen molar-refractivity contribution in [2.45, 2.75) is 44.7 Å². The summed E-state index contributed by atoms with van der Waals surface area (Å²) in [5, 5.41) is 3.18. The van der Waals surface area contributed by atoms with Crippen LogP contribution in [0.2, 0.25) is 0 Å². The second-order valence-corrected chi connectivity index (χ2v) is 6.36. The van der Waals surface area contributed by atoms with Gasteiger partial charge >= 0.3 is 0 Å². The fourth-order valence-corrected chi connectivity index (χ4v) is 4.11. The summed E-state index contributed by atoms with van der Waals surface area (Å²) in [5.41, 5.74) is 6.21. The van der Waals surface area contributed by atoms with E-state index >= 15 is 0 Å². The molecule has 0 spiro atoms. The largest absolute Gasteiger partial charge is 0.381 e. The number of nitrogens with two attached hydrogens (primary N) is 1.